The number of nitrogens with zero attached hydrogens (tertiary/aromatic N) is 2. The van der Waals surface area contributed by atoms with E-state index in [-0.39, 0.29) is 18.2 Å². The lowest BCUT2D eigenvalue weighted by molar-refractivity contribution is -0.122. The molecule has 5 heteroatoms. The van der Waals surface area contributed by atoms with Crippen LogP contribution in [0, 0.1) is 6.92 Å². The van der Waals surface area contributed by atoms with Gasteiger partial charge >= 0.3 is 0 Å². The maximum atomic E-state index is 13.3. The second kappa shape index (κ2) is 8.13. The molecule has 0 radical (unpaired) electrons. The van der Waals surface area contributed by atoms with Gasteiger partial charge in [0.2, 0.25) is 0 Å². The van der Waals surface area contributed by atoms with Crippen molar-refractivity contribution < 1.29 is 14.7 Å². The minimum Gasteiger partial charge on any atom is -0.391 e. The first-order valence-corrected chi connectivity index (χ1v) is 9.93. The summed E-state index contributed by atoms with van der Waals surface area (Å²) >= 11 is 0. The third-order valence-electron chi connectivity index (χ3n) is 5.60. The molecule has 1 aliphatic rings. The van der Waals surface area contributed by atoms with Crippen LogP contribution < -0.4 is 0 Å². The van der Waals surface area contributed by atoms with E-state index in [2.05, 4.69) is 4.98 Å². The highest BCUT2D eigenvalue weighted by Gasteiger charge is 2.39. The predicted octanol–water partition coefficient (Wildman–Crippen LogP) is 3.32. The normalized spacial score (nSPS) is 18.9. The highest BCUT2D eigenvalue weighted by atomic mass is 16.3. The average molecular weight is 388 g/mol. The number of likely N-dealkylation sites (tertiary alicyclic amines) is 1. The molecule has 0 bridgehead atoms. The summed E-state index contributed by atoms with van der Waals surface area (Å²) < 4.78 is 0. The molecule has 2 heterocycles. The summed E-state index contributed by atoms with van der Waals surface area (Å²) in [4.78, 5) is 31.8. The van der Waals surface area contributed by atoms with Crippen LogP contribution >= 0.6 is 0 Å². The number of carbonyl (C=O) groups excluding carboxylic acids is 2. The number of fused-ring (bicyclic) bond motifs is 1. The van der Waals surface area contributed by atoms with Gasteiger partial charge in [-0.2, -0.15) is 0 Å². The number of hydrogen-bond acceptors (Lipinski definition) is 4. The van der Waals surface area contributed by atoms with Gasteiger partial charge in [-0.25, -0.2) is 0 Å². The van der Waals surface area contributed by atoms with Crippen LogP contribution in [-0.2, 0) is 11.2 Å². The first-order chi connectivity index (χ1) is 14.0. The maximum Gasteiger partial charge on any atom is 0.255 e. The average Bonchev–Trinajstić information content (AvgIpc) is 3.14. The Balaban J connectivity index is 1.53. The van der Waals surface area contributed by atoms with Crippen LogP contribution in [0.5, 0.6) is 0 Å². The van der Waals surface area contributed by atoms with Crippen molar-refractivity contribution in [2.24, 2.45) is 0 Å². The van der Waals surface area contributed by atoms with Crippen molar-refractivity contribution >= 4 is 22.5 Å². The van der Waals surface area contributed by atoms with Gasteiger partial charge in [-0.15, -0.1) is 0 Å². The van der Waals surface area contributed by atoms with Crippen LogP contribution in [0.15, 0.2) is 60.9 Å². The summed E-state index contributed by atoms with van der Waals surface area (Å²) in [5, 5.41) is 11.9. The minimum atomic E-state index is -0.677. The number of aliphatic hydroxyl groups is 1. The molecule has 0 unspecified atom stereocenters. The van der Waals surface area contributed by atoms with E-state index in [1.807, 2.05) is 49.4 Å². The van der Waals surface area contributed by atoms with Crippen molar-refractivity contribution in [3.63, 3.8) is 0 Å². The molecule has 1 saturated heterocycles. The predicted molar refractivity (Wildman–Crippen MR) is 112 cm³/mol. The smallest absolute Gasteiger partial charge is 0.255 e. The summed E-state index contributed by atoms with van der Waals surface area (Å²) in [6.07, 6.45) is 3.98. The molecule has 0 saturated carbocycles. The topological polar surface area (TPSA) is 70.5 Å². The number of hydrogen-bond donors (Lipinski definition) is 1. The number of rotatable bonds is 5. The van der Waals surface area contributed by atoms with Gasteiger partial charge in [0.15, 0.2) is 5.78 Å². The quantitative estimate of drug-likeness (QED) is 0.728. The zero-order valence-corrected chi connectivity index (χ0v) is 16.4. The lowest BCUT2D eigenvalue weighted by atomic mass is 10.00. The molecular formula is C24H24N2O3. The van der Waals surface area contributed by atoms with Crippen molar-refractivity contribution in [1.29, 1.82) is 0 Å². The number of pyridine rings is 1. The standard InChI is InChI=1S/C24H24N2O3/c1-16-5-7-17(8-6-16)9-10-23(28)22-13-19(27)15-26(22)24(29)21-4-2-3-18-14-25-12-11-20(18)21/h2-8,11-12,14,19,22,27H,9-10,13,15H2,1H3/t19-,22+/m1/s1. The number of aryl methyl sites for hydroxylation is 2. The molecule has 5 nitrogen and oxygen atoms in total. The molecule has 4 rings (SSSR count). The highest BCUT2D eigenvalue weighted by Crippen LogP contribution is 2.26. The fourth-order valence-electron chi connectivity index (χ4n) is 4.00. The van der Waals surface area contributed by atoms with Gasteiger partial charge in [0.1, 0.15) is 0 Å². The number of carbonyl (C=O) groups is 2. The second-order valence-corrected chi connectivity index (χ2v) is 7.72. The maximum absolute atomic E-state index is 13.3. The van der Waals surface area contributed by atoms with Crippen LogP contribution in [0.1, 0.15) is 34.3 Å². The Bertz CT molecular complexity index is 1040. The number of Topliss-reactive ketones (excluding diaryl/α,β-unsaturated/α-hetero) is 1. The van der Waals surface area contributed by atoms with Crippen LogP contribution in [-0.4, -0.2) is 45.4 Å². The van der Waals surface area contributed by atoms with Crippen molar-refractivity contribution in [2.45, 2.75) is 38.3 Å². The zero-order valence-electron chi connectivity index (χ0n) is 16.4. The highest BCUT2D eigenvalue weighted by molar-refractivity contribution is 6.08. The number of benzene rings is 2. The van der Waals surface area contributed by atoms with Gasteiger partial charge < -0.3 is 10.0 Å². The molecule has 148 valence electrons. The van der Waals surface area contributed by atoms with E-state index in [0.29, 0.717) is 24.8 Å². The fourth-order valence-corrected chi connectivity index (χ4v) is 4.00. The van der Waals surface area contributed by atoms with Gasteiger partial charge in [0, 0.05) is 42.7 Å². The summed E-state index contributed by atoms with van der Waals surface area (Å²) in [5.41, 5.74) is 2.82. The molecule has 1 N–H and O–H groups in total. The van der Waals surface area contributed by atoms with Crippen LogP contribution in [0.2, 0.25) is 0 Å². The van der Waals surface area contributed by atoms with Gasteiger partial charge in [0.05, 0.1) is 12.1 Å². The minimum absolute atomic E-state index is 0.00243. The number of aromatic nitrogens is 1. The molecule has 0 aliphatic carbocycles. The van der Waals surface area contributed by atoms with E-state index in [4.69, 9.17) is 0 Å². The summed E-state index contributed by atoms with van der Waals surface area (Å²) in [7, 11) is 0. The van der Waals surface area contributed by atoms with Crippen molar-refractivity contribution in [2.75, 3.05) is 6.54 Å². The fraction of sp³-hybridized carbons (Fsp3) is 0.292. The Morgan fingerprint density at radius 3 is 2.72 bits per heavy atom. The van der Waals surface area contributed by atoms with E-state index < -0.39 is 12.1 Å². The van der Waals surface area contributed by atoms with Gasteiger partial charge in [0.25, 0.3) is 5.91 Å². The van der Waals surface area contributed by atoms with Gasteiger partial charge in [-0.1, -0.05) is 42.0 Å². The van der Waals surface area contributed by atoms with E-state index >= 15 is 0 Å². The Morgan fingerprint density at radius 1 is 1.14 bits per heavy atom. The van der Waals surface area contributed by atoms with E-state index in [9.17, 15) is 14.7 Å². The summed E-state index contributed by atoms with van der Waals surface area (Å²) in [5.74, 6) is -0.218. The molecule has 3 aromatic rings. The number of aliphatic hydroxyl groups excluding tert-OH is 1. The number of β-amino-alcohol motifs (C(OH)–C–C–N with tert-alkyl or cyclic N) is 1. The first kappa shape index (κ1) is 19.3. The molecular weight excluding hydrogens is 364 g/mol. The SMILES string of the molecule is Cc1ccc(CCC(=O)[C@@H]2C[C@@H](O)CN2C(=O)c2cccc3cnccc23)cc1. The molecule has 2 aromatic carbocycles. The molecule has 1 aromatic heterocycles. The van der Waals surface area contributed by atoms with Gasteiger partial charge in [-0.3, -0.25) is 14.6 Å². The lowest BCUT2D eigenvalue weighted by Gasteiger charge is -2.24. The number of amides is 1. The molecule has 1 aliphatic heterocycles. The summed E-state index contributed by atoms with van der Waals surface area (Å²) in [6, 6.07) is 14.8. The van der Waals surface area contributed by atoms with Gasteiger partial charge in [-0.05, 0) is 36.4 Å². The van der Waals surface area contributed by atoms with E-state index in [1.165, 1.54) is 10.5 Å². The Morgan fingerprint density at radius 2 is 1.93 bits per heavy atom. The van der Waals surface area contributed by atoms with Crippen molar-refractivity contribution in [3.8, 4) is 0 Å². The second-order valence-electron chi connectivity index (χ2n) is 7.72. The van der Waals surface area contributed by atoms with Crippen molar-refractivity contribution in [3.05, 3.63) is 77.6 Å². The summed E-state index contributed by atoms with van der Waals surface area (Å²) in [6.45, 7) is 2.21. The largest absolute Gasteiger partial charge is 0.391 e. The third kappa shape index (κ3) is 4.05. The van der Waals surface area contributed by atoms with Crippen LogP contribution in [0.25, 0.3) is 10.8 Å². The Labute approximate surface area is 170 Å². The van der Waals surface area contributed by atoms with Crippen LogP contribution in [0.3, 0.4) is 0 Å². The molecule has 1 fully saturated rings. The molecule has 29 heavy (non-hydrogen) atoms. The molecule has 1 amide bonds. The van der Waals surface area contributed by atoms with Crippen molar-refractivity contribution in [1.82, 2.24) is 9.88 Å². The number of ketones is 1. The first-order valence-electron chi connectivity index (χ1n) is 9.93. The van der Waals surface area contributed by atoms with Crippen LogP contribution in [0.4, 0.5) is 0 Å². The lowest BCUT2D eigenvalue weighted by Crippen LogP contribution is -2.40. The Kier molecular flexibility index (Phi) is 5.41. The third-order valence-corrected chi connectivity index (χ3v) is 5.60. The molecule has 0 spiro atoms. The zero-order chi connectivity index (χ0) is 20.4. The van der Waals surface area contributed by atoms with E-state index in [1.54, 1.807) is 18.5 Å². The monoisotopic (exact) mass is 388 g/mol. The molecule has 2 atom stereocenters. The van der Waals surface area contributed by atoms with E-state index in [0.717, 1.165) is 16.3 Å². The Hall–Kier alpha value is -3.05.